The molecule has 0 aliphatic carbocycles. The predicted octanol–water partition coefficient (Wildman–Crippen LogP) is 4.53. The Morgan fingerprint density at radius 3 is 2.34 bits per heavy atom. The van der Waals surface area contributed by atoms with Crippen molar-refractivity contribution in [2.24, 2.45) is 7.05 Å². The van der Waals surface area contributed by atoms with Gasteiger partial charge in [0, 0.05) is 38.9 Å². The maximum absolute atomic E-state index is 13.8. The highest BCUT2D eigenvalue weighted by atomic mass is 19.4. The van der Waals surface area contributed by atoms with E-state index >= 15 is 0 Å². The smallest absolute Gasteiger partial charge is 0.366 e. The number of nitriles is 2. The maximum atomic E-state index is 13.8. The molecule has 1 saturated heterocycles. The lowest BCUT2D eigenvalue weighted by Gasteiger charge is -2.45. The summed E-state index contributed by atoms with van der Waals surface area (Å²) in [5.41, 5.74) is 0.843. The second-order valence-corrected chi connectivity index (χ2v) is 9.83. The quantitative estimate of drug-likeness (QED) is 0.338. The number of nitrogens with zero attached hydrogens (tertiary/aromatic N) is 7. The van der Waals surface area contributed by atoms with Crippen LogP contribution in [0.2, 0.25) is 0 Å². The minimum absolute atomic E-state index is 0.0947. The van der Waals surface area contributed by atoms with Crippen molar-refractivity contribution in [2.45, 2.75) is 25.2 Å². The molecule has 0 N–H and O–H groups in total. The topological polar surface area (TPSA) is 102 Å². The summed E-state index contributed by atoms with van der Waals surface area (Å²) in [5, 5.41) is 19.4. The molecule has 41 heavy (non-hydrogen) atoms. The number of halogens is 4. The second-order valence-electron chi connectivity index (χ2n) is 9.83. The van der Waals surface area contributed by atoms with Crippen LogP contribution in [-0.2, 0) is 13.2 Å². The molecule has 4 heterocycles. The first-order valence-corrected chi connectivity index (χ1v) is 12.7. The first kappa shape index (κ1) is 27.7. The second kappa shape index (κ2) is 10.6. The Hall–Kier alpha value is -4.81. The van der Waals surface area contributed by atoms with Gasteiger partial charge in [0.25, 0.3) is 5.56 Å². The van der Waals surface area contributed by atoms with E-state index in [-0.39, 0.29) is 17.3 Å². The highest BCUT2D eigenvalue weighted by Gasteiger charge is 2.36. The largest absolute Gasteiger partial charge is 0.417 e. The third-order valence-corrected chi connectivity index (χ3v) is 7.35. The number of hydrogen-bond acceptors (Lipinski definition) is 7. The lowest BCUT2D eigenvalue weighted by molar-refractivity contribution is -0.137. The molecule has 8 nitrogen and oxygen atoms in total. The maximum Gasteiger partial charge on any atom is 0.417 e. The zero-order chi connectivity index (χ0) is 29.5. The Morgan fingerprint density at radius 2 is 1.76 bits per heavy atom. The van der Waals surface area contributed by atoms with Gasteiger partial charge in [-0.3, -0.25) is 14.7 Å². The Morgan fingerprint density at radius 1 is 1.02 bits per heavy atom. The lowest BCUT2D eigenvalue weighted by atomic mass is 9.97. The summed E-state index contributed by atoms with van der Waals surface area (Å²) in [6.07, 6.45) is -3.75. The van der Waals surface area contributed by atoms with Gasteiger partial charge in [-0.05, 0) is 48.9 Å². The van der Waals surface area contributed by atoms with Crippen molar-refractivity contribution in [3.8, 4) is 12.1 Å². The van der Waals surface area contributed by atoms with E-state index in [0.29, 0.717) is 47.6 Å². The van der Waals surface area contributed by atoms with E-state index < -0.39 is 29.2 Å². The van der Waals surface area contributed by atoms with Crippen LogP contribution in [0.4, 0.5) is 23.2 Å². The molecule has 1 unspecified atom stereocenters. The highest BCUT2D eigenvalue weighted by molar-refractivity contribution is 5.92. The molecule has 1 aliphatic heterocycles. The van der Waals surface area contributed by atoms with E-state index in [1.165, 1.54) is 35.9 Å². The van der Waals surface area contributed by atoms with Crippen molar-refractivity contribution >= 4 is 16.7 Å². The van der Waals surface area contributed by atoms with Gasteiger partial charge in [-0.1, -0.05) is 12.1 Å². The molecule has 0 spiro atoms. The molecule has 3 aromatic heterocycles. The molecule has 1 aromatic carbocycles. The number of piperazine rings is 1. The Kier molecular flexibility index (Phi) is 7.20. The minimum Gasteiger partial charge on any atom is -0.366 e. The summed E-state index contributed by atoms with van der Waals surface area (Å²) in [6.45, 7) is 2.94. The molecule has 208 valence electrons. The summed E-state index contributed by atoms with van der Waals surface area (Å²) >= 11 is 0. The van der Waals surface area contributed by atoms with Gasteiger partial charge < -0.3 is 9.47 Å². The Bertz CT molecular complexity index is 1750. The van der Waals surface area contributed by atoms with Crippen LogP contribution < -0.4 is 10.5 Å². The first-order chi connectivity index (χ1) is 19.5. The SMILES string of the molecule is C[C@@H]1CN(c2c(C#N)c(=O)n(C)c3ccc(C#N)nc23)CCN1C(c1ccc(F)cc1)c1ccc(C(F)(F)F)cn1. The monoisotopic (exact) mass is 561 g/mol. The average Bonchev–Trinajstić information content (AvgIpc) is 2.96. The molecule has 0 saturated carbocycles. The molecular formula is C29H23F4N7O. The molecule has 0 radical (unpaired) electrons. The van der Waals surface area contributed by atoms with Gasteiger partial charge in [-0.25, -0.2) is 9.37 Å². The fourth-order valence-corrected chi connectivity index (χ4v) is 5.33. The van der Waals surface area contributed by atoms with Crippen LogP contribution in [0.15, 0.2) is 59.5 Å². The van der Waals surface area contributed by atoms with E-state index in [2.05, 4.69) is 9.97 Å². The van der Waals surface area contributed by atoms with Crippen molar-refractivity contribution in [1.82, 2.24) is 19.4 Å². The van der Waals surface area contributed by atoms with Crippen LogP contribution >= 0.6 is 0 Å². The third-order valence-electron chi connectivity index (χ3n) is 7.35. The molecule has 1 aliphatic rings. The van der Waals surface area contributed by atoms with E-state index in [9.17, 15) is 32.9 Å². The number of anilines is 1. The van der Waals surface area contributed by atoms with Crippen molar-refractivity contribution in [2.75, 3.05) is 24.5 Å². The number of benzene rings is 1. The van der Waals surface area contributed by atoms with Crippen LogP contribution in [0, 0.1) is 28.5 Å². The van der Waals surface area contributed by atoms with Crippen LogP contribution in [0.25, 0.3) is 11.0 Å². The number of aromatic nitrogens is 3. The zero-order valence-electron chi connectivity index (χ0n) is 22.0. The summed E-state index contributed by atoms with van der Waals surface area (Å²) in [6, 6.07) is 14.3. The number of hydrogen-bond donors (Lipinski definition) is 0. The van der Waals surface area contributed by atoms with Crippen molar-refractivity contribution in [1.29, 1.82) is 10.5 Å². The van der Waals surface area contributed by atoms with E-state index in [4.69, 9.17) is 0 Å². The van der Waals surface area contributed by atoms with Crippen LogP contribution in [0.5, 0.6) is 0 Å². The Balaban J connectivity index is 1.55. The van der Waals surface area contributed by atoms with Crippen LogP contribution in [-0.4, -0.2) is 45.1 Å². The number of alkyl halides is 3. The van der Waals surface area contributed by atoms with Crippen molar-refractivity contribution in [3.05, 3.63) is 99.0 Å². The number of fused-ring (bicyclic) bond motifs is 1. The summed E-state index contributed by atoms with van der Waals surface area (Å²) in [7, 11) is 1.54. The lowest BCUT2D eigenvalue weighted by Crippen LogP contribution is -2.54. The van der Waals surface area contributed by atoms with E-state index in [1.54, 1.807) is 18.2 Å². The number of pyridine rings is 3. The van der Waals surface area contributed by atoms with E-state index in [1.807, 2.05) is 28.9 Å². The van der Waals surface area contributed by atoms with E-state index in [0.717, 1.165) is 12.3 Å². The Labute approximate surface area is 232 Å². The van der Waals surface area contributed by atoms with Crippen molar-refractivity contribution in [3.63, 3.8) is 0 Å². The first-order valence-electron chi connectivity index (χ1n) is 12.7. The number of aryl methyl sites for hydroxylation is 1. The van der Waals surface area contributed by atoms with Crippen LogP contribution in [0.3, 0.4) is 0 Å². The average molecular weight is 562 g/mol. The van der Waals surface area contributed by atoms with Crippen LogP contribution in [0.1, 0.15) is 41.0 Å². The van der Waals surface area contributed by atoms with Gasteiger partial charge in [0.15, 0.2) is 0 Å². The van der Waals surface area contributed by atoms with Gasteiger partial charge in [-0.2, -0.15) is 23.7 Å². The molecule has 4 aromatic rings. The highest BCUT2D eigenvalue weighted by Crippen LogP contribution is 2.36. The molecule has 2 atom stereocenters. The van der Waals surface area contributed by atoms with Gasteiger partial charge in [0.05, 0.1) is 28.5 Å². The summed E-state index contributed by atoms with van der Waals surface area (Å²) in [5.74, 6) is -0.448. The minimum atomic E-state index is -4.54. The van der Waals surface area contributed by atoms with Gasteiger partial charge in [0.1, 0.15) is 34.7 Å². The molecule has 1 fully saturated rings. The normalized spacial score (nSPS) is 16.8. The summed E-state index contributed by atoms with van der Waals surface area (Å²) in [4.78, 5) is 25.6. The molecule has 0 amide bonds. The summed E-state index contributed by atoms with van der Waals surface area (Å²) < 4.78 is 54.7. The fraction of sp³-hybridized carbons (Fsp3) is 0.276. The fourth-order valence-electron chi connectivity index (χ4n) is 5.33. The molecule has 5 rings (SSSR count). The van der Waals surface area contributed by atoms with Gasteiger partial charge in [0.2, 0.25) is 0 Å². The molecule has 0 bridgehead atoms. The van der Waals surface area contributed by atoms with Crippen molar-refractivity contribution < 1.29 is 17.6 Å². The van der Waals surface area contributed by atoms with Gasteiger partial charge in [-0.15, -0.1) is 0 Å². The predicted molar refractivity (Wildman–Crippen MR) is 142 cm³/mol. The van der Waals surface area contributed by atoms with Gasteiger partial charge >= 0.3 is 6.18 Å². The molecule has 12 heteroatoms. The third kappa shape index (κ3) is 5.10. The molecular weight excluding hydrogens is 538 g/mol. The number of rotatable bonds is 4. The zero-order valence-corrected chi connectivity index (χ0v) is 22.0. The standard InChI is InChI=1S/C29H23F4N7O/c1-17-16-39(27-22(14-35)28(41)38(2)24-10-8-21(13-34)37-25(24)27)11-12-40(17)26(18-3-6-20(30)7-4-18)23-9-5-19(15-36-23)29(31,32)33/h3-10,15,17,26H,11-12,16H2,1-2H3/t17-,26?/m1/s1.